The number of hydrogen-bond donors (Lipinski definition) is 3. The third kappa shape index (κ3) is 7.35. The van der Waals surface area contributed by atoms with Crippen molar-refractivity contribution in [3.63, 3.8) is 0 Å². The topological polar surface area (TPSA) is 79.5 Å². The van der Waals surface area contributed by atoms with Crippen LogP contribution in [0.25, 0.3) is 0 Å². The second-order valence-electron chi connectivity index (χ2n) is 4.33. The zero-order valence-corrected chi connectivity index (χ0v) is 14.0. The van der Waals surface area contributed by atoms with Gasteiger partial charge in [-0.3, -0.25) is 9.79 Å². The molecule has 7 heteroatoms. The molecule has 4 N–H and O–H groups in total. The number of carbonyl (C=O) groups excluding carboxylic acids is 1. The predicted octanol–water partition coefficient (Wildman–Crippen LogP) is 1.96. The molecule has 0 aliphatic rings. The lowest BCUT2D eigenvalue weighted by atomic mass is 10.2. The first kappa shape index (κ1) is 18.7. The van der Waals surface area contributed by atoms with Crippen molar-refractivity contribution < 1.29 is 4.79 Å². The van der Waals surface area contributed by atoms with Gasteiger partial charge in [-0.25, -0.2) is 0 Å². The van der Waals surface area contributed by atoms with Gasteiger partial charge in [0.2, 0.25) is 0 Å². The molecular formula is C13H20BrClN4O. The van der Waals surface area contributed by atoms with E-state index in [1.165, 1.54) is 0 Å². The second-order valence-corrected chi connectivity index (χ2v) is 4.77. The maximum absolute atomic E-state index is 11.7. The van der Waals surface area contributed by atoms with Gasteiger partial charge in [-0.15, -0.1) is 17.0 Å². The van der Waals surface area contributed by atoms with E-state index in [0.29, 0.717) is 29.6 Å². The molecule has 1 aromatic rings. The fourth-order valence-corrected chi connectivity index (χ4v) is 1.52. The Balaban J connectivity index is 0.00000361. The molecule has 0 fully saturated rings. The van der Waals surface area contributed by atoms with Crippen molar-refractivity contribution in [3.05, 3.63) is 34.9 Å². The van der Waals surface area contributed by atoms with E-state index >= 15 is 0 Å². The number of rotatable bonds is 5. The number of nitrogens with zero attached hydrogens (tertiary/aromatic N) is 1. The third-order valence-electron chi connectivity index (χ3n) is 2.22. The highest BCUT2D eigenvalue weighted by Crippen LogP contribution is 2.09. The molecular weight excluding hydrogens is 344 g/mol. The van der Waals surface area contributed by atoms with Crippen molar-refractivity contribution in [3.8, 4) is 0 Å². The van der Waals surface area contributed by atoms with Crippen molar-refractivity contribution in [1.82, 2.24) is 10.6 Å². The van der Waals surface area contributed by atoms with Crippen LogP contribution in [0.3, 0.4) is 0 Å². The molecule has 112 valence electrons. The molecule has 0 radical (unpaired) electrons. The molecule has 1 rings (SSSR count). The molecule has 0 unspecified atom stereocenters. The van der Waals surface area contributed by atoms with Crippen molar-refractivity contribution in [1.29, 1.82) is 0 Å². The van der Waals surface area contributed by atoms with E-state index in [-0.39, 0.29) is 28.9 Å². The molecule has 0 heterocycles. The summed E-state index contributed by atoms with van der Waals surface area (Å²) in [5.41, 5.74) is 6.20. The SMILES string of the molecule is Br.CC(C)NC(N)=NCCNC(=O)c1ccc(Cl)cc1. The van der Waals surface area contributed by atoms with Gasteiger partial charge in [0.15, 0.2) is 5.96 Å². The van der Waals surface area contributed by atoms with Gasteiger partial charge in [0.1, 0.15) is 0 Å². The normalized spacial score (nSPS) is 10.9. The number of nitrogens with one attached hydrogen (secondary N) is 2. The summed E-state index contributed by atoms with van der Waals surface area (Å²) in [6.07, 6.45) is 0. The van der Waals surface area contributed by atoms with E-state index in [2.05, 4.69) is 15.6 Å². The summed E-state index contributed by atoms with van der Waals surface area (Å²) in [7, 11) is 0. The number of amides is 1. The molecule has 0 atom stereocenters. The fraction of sp³-hybridized carbons (Fsp3) is 0.385. The van der Waals surface area contributed by atoms with Crippen molar-refractivity contribution in [2.75, 3.05) is 13.1 Å². The smallest absolute Gasteiger partial charge is 0.251 e. The number of carbonyl (C=O) groups is 1. The summed E-state index contributed by atoms with van der Waals surface area (Å²) in [4.78, 5) is 15.8. The second kappa shape index (κ2) is 9.61. The van der Waals surface area contributed by atoms with Gasteiger partial charge in [-0.1, -0.05) is 11.6 Å². The highest BCUT2D eigenvalue weighted by molar-refractivity contribution is 8.93. The van der Waals surface area contributed by atoms with Crippen molar-refractivity contribution in [2.45, 2.75) is 19.9 Å². The molecule has 1 amide bonds. The Labute approximate surface area is 134 Å². The molecule has 0 spiro atoms. The monoisotopic (exact) mass is 362 g/mol. The summed E-state index contributed by atoms with van der Waals surface area (Å²) in [5, 5.41) is 6.33. The number of hydrogen-bond acceptors (Lipinski definition) is 2. The minimum absolute atomic E-state index is 0. The summed E-state index contributed by atoms with van der Waals surface area (Å²) < 4.78 is 0. The zero-order chi connectivity index (χ0) is 14.3. The Morgan fingerprint density at radius 2 is 1.95 bits per heavy atom. The maximum Gasteiger partial charge on any atom is 0.251 e. The van der Waals surface area contributed by atoms with Gasteiger partial charge < -0.3 is 16.4 Å². The lowest BCUT2D eigenvalue weighted by Gasteiger charge is -2.08. The maximum atomic E-state index is 11.7. The first-order valence-electron chi connectivity index (χ1n) is 6.09. The van der Waals surface area contributed by atoms with E-state index in [1.54, 1.807) is 24.3 Å². The fourth-order valence-electron chi connectivity index (χ4n) is 1.39. The summed E-state index contributed by atoms with van der Waals surface area (Å²) >= 11 is 5.75. The Kier molecular flexibility index (Phi) is 9.00. The molecule has 0 saturated heterocycles. The van der Waals surface area contributed by atoms with Crippen LogP contribution in [-0.4, -0.2) is 31.0 Å². The number of nitrogens with two attached hydrogens (primary N) is 1. The van der Waals surface area contributed by atoms with Gasteiger partial charge in [-0.2, -0.15) is 0 Å². The third-order valence-corrected chi connectivity index (χ3v) is 2.47. The Morgan fingerprint density at radius 1 is 1.35 bits per heavy atom. The molecule has 5 nitrogen and oxygen atoms in total. The van der Waals surface area contributed by atoms with E-state index in [9.17, 15) is 4.79 Å². The van der Waals surface area contributed by atoms with Crippen LogP contribution < -0.4 is 16.4 Å². The first-order chi connectivity index (χ1) is 8.99. The minimum Gasteiger partial charge on any atom is -0.370 e. The lowest BCUT2D eigenvalue weighted by Crippen LogP contribution is -2.37. The summed E-state index contributed by atoms with van der Waals surface area (Å²) in [6, 6.07) is 6.95. The Morgan fingerprint density at radius 3 is 2.50 bits per heavy atom. The van der Waals surface area contributed by atoms with Crippen LogP contribution in [0.1, 0.15) is 24.2 Å². The molecule has 1 aromatic carbocycles. The van der Waals surface area contributed by atoms with Crippen LogP contribution in [0.5, 0.6) is 0 Å². The average molecular weight is 364 g/mol. The van der Waals surface area contributed by atoms with E-state index < -0.39 is 0 Å². The van der Waals surface area contributed by atoms with Crippen LogP contribution >= 0.6 is 28.6 Å². The number of guanidine groups is 1. The molecule has 0 aromatic heterocycles. The zero-order valence-electron chi connectivity index (χ0n) is 11.5. The highest BCUT2D eigenvalue weighted by atomic mass is 79.9. The Hall–Kier alpha value is -1.27. The quantitative estimate of drug-likeness (QED) is 0.425. The van der Waals surface area contributed by atoms with E-state index in [4.69, 9.17) is 17.3 Å². The summed E-state index contributed by atoms with van der Waals surface area (Å²) in [6.45, 7) is 4.82. The summed E-state index contributed by atoms with van der Waals surface area (Å²) in [5.74, 6) is 0.234. The molecule has 0 aliphatic heterocycles. The first-order valence-corrected chi connectivity index (χ1v) is 6.47. The van der Waals surface area contributed by atoms with Gasteiger partial charge >= 0.3 is 0 Å². The minimum atomic E-state index is -0.151. The van der Waals surface area contributed by atoms with Gasteiger partial charge in [0.05, 0.1) is 6.54 Å². The number of aliphatic imine (C=N–C) groups is 1. The van der Waals surface area contributed by atoms with Crippen LogP contribution in [0, 0.1) is 0 Å². The molecule has 0 bridgehead atoms. The predicted molar refractivity (Wildman–Crippen MR) is 88.9 cm³/mol. The van der Waals surface area contributed by atoms with Gasteiger partial charge in [-0.05, 0) is 38.1 Å². The van der Waals surface area contributed by atoms with E-state index in [1.807, 2.05) is 13.8 Å². The van der Waals surface area contributed by atoms with Crippen LogP contribution in [0.2, 0.25) is 5.02 Å². The van der Waals surface area contributed by atoms with Crippen LogP contribution in [0.4, 0.5) is 0 Å². The van der Waals surface area contributed by atoms with Crippen LogP contribution in [0.15, 0.2) is 29.3 Å². The average Bonchev–Trinajstić information content (AvgIpc) is 2.34. The largest absolute Gasteiger partial charge is 0.370 e. The number of halogens is 2. The van der Waals surface area contributed by atoms with E-state index in [0.717, 1.165) is 0 Å². The molecule has 20 heavy (non-hydrogen) atoms. The van der Waals surface area contributed by atoms with Crippen molar-refractivity contribution in [2.24, 2.45) is 10.7 Å². The molecule has 0 aliphatic carbocycles. The Bertz CT molecular complexity index is 448. The number of benzene rings is 1. The lowest BCUT2D eigenvalue weighted by molar-refractivity contribution is 0.0955. The van der Waals surface area contributed by atoms with Gasteiger partial charge in [0.25, 0.3) is 5.91 Å². The van der Waals surface area contributed by atoms with Crippen LogP contribution in [-0.2, 0) is 0 Å². The standard InChI is InChI=1S/C13H19ClN4O.BrH/c1-9(2)18-13(15)17-8-7-16-12(19)10-3-5-11(14)6-4-10;/h3-6,9H,7-8H2,1-2H3,(H,16,19)(H3,15,17,18);1H. The van der Waals surface area contributed by atoms with Gasteiger partial charge in [0, 0.05) is 23.2 Å². The molecule has 0 saturated carbocycles. The van der Waals surface area contributed by atoms with Crippen molar-refractivity contribution >= 4 is 40.4 Å². The highest BCUT2D eigenvalue weighted by Gasteiger charge is 2.03.